The smallest absolute Gasteiger partial charge is 0.245 e. The predicted molar refractivity (Wildman–Crippen MR) is 58.6 cm³/mol. The summed E-state index contributed by atoms with van der Waals surface area (Å²) in [6.07, 6.45) is 3.97. The van der Waals surface area contributed by atoms with Crippen molar-refractivity contribution in [3.05, 3.63) is 35.9 Å². The van der Waals surface area contributed by atoms with E-state index in [1.807, 2.05) is 25.1 Å². The van der Waals surface area contributed by atoms with Gasteiger partial charge in [0.05, 0.1) is 0 Å². The largest absolute Gasteiger partial charge is 0.273 e. The highest BCUT2D eigenvalue weighted by atomic mass is 16.1. The molecule has 14 heavy (non-hydrogen) atoms. The normalized spacial score (nSPS) is 10.6. The van der Waals surface area contributed by atoms with Gasteiger partial charge in [-0.3, -0.25) is 4.79 Å². The van der Waals surface area contributed by atoms with Crippen molar-refractivity contribution in [3.8, 4) is 0 Å². The molecular weight excluding hydrogens is 174 g/mol. The van der Waals surface area contributed by atoms with E-state index in [1.165, 1.54) is 5.56 Å². The zero-order chi connectivity index (χ0) is 10.2. The van der Waals surface area contributed by atoms with Gasteiger partial charge in [-0.25, -0.2) is 4.99 Å². The van der Waals surface area contributed by atoms with Gasteiger partial charge in [0.2, 0.25) is 5.91 Å². The number of carbonyl (C=O) groups excluding carboxylic acids is 1. The second kappa shape index (κ2) is 6.08. The molecule has 0 saturated heterocycles. The Morgan fingerprint density at radius 3 is 2.71 bits per heavy atom. The summed E-state index contributed by atoms with van der Waals surface area (Å²) in [6, 6.07) is 10.2. The van der Waals surface area contributed by atoms with Crippen molar-refractivity contribution in [2.45, 2.75) is 26.2 Å². The Labute approximate surface area is 84.7 Å². The van der Waals surface area contributed by atoms with E-state index >= 15 is 0 Å². The van der Waals surface area contributed by atoms with Gasteiger partial charge >= 0.3 is 0 Å². The Kier molecular flexibility index (Phi) is 4.62. The van der Waals surface area contributed by atoms with Crippen LogP contribution in [0.15, 0.2) is 35.3 Å². The maximum atomic E-state index is 10.8. The van der Waals surface area contributed by atoms with Crippen LogP contribution in [-0.4, -0.2) is 12.1 Å². The lowest BCUT2D eigenvalue weighted by atomic mass is 10.1. The Hall–Kier alpha value is -1.44. The minimum Gasteiger partial charge on any atom is -0.273 e. The maximum absolute atomic E-state index is 10.8. The number of amides is 1. The molecule has 1 rings (SSSR count). The lowest BCUT2D eigenvalue weighted by molar-refractivity contribution is -0.117. The molecule has 0 bridgehead atoms. The fraction of sp³-hybridized carbons (Fsp3) is 0.333. The number of carbonyl (C=O) groups is 1. The molecule has 0 aromatic heterocycles. The number of nitrogens with zero attached hydrogens (tertiary/aromatic N) is 1. The molecule has 0 fully saturated rings. The summed E-state index contributed by atoms with van der Waals surface area (Å²) < 4.78 is 0. The van der Waals surface area contributed by atoms with E-state index in [4.69, 9.17) is 0 Å². The van der Waals surface area contributed by atoms with Gasteiger partial charge in [-0.1, -0.05) is 37.3 Å². The van der Waals surface area contributed by atoms with Gasteiger partial charge in [-0.15, -0.1) is 0 Å². The van der Waals surface area contributed by atoms with E-state index in [1.54, 1.807) is 6.21 Å². The van der Waals surface area contributed by atoms with Crippen molar-refractivity contribution >= 4 is 12.1 Å². The molecule has 1 amide bonds. The number of hydrogen-bond acceptors (Lipinski definition) is 1. The Bertz CT molecular complexity index is 303. The predicted octanol–water partition coefficient (Wildman–Crippen LogP) is 2.63. The SMILES string of the molecule is CCC(=O)N=CCCc1ccccc1. The highest BCUT2D eigenvalue weighted by molar-refractivity contribution is 5.84. The van der Waals surface area contributed by atoms with Crippen LogP contribution >= 0.6 is 0 Å². The topological polar surface area (TPSA) is 29.4 Å². The molecule has 1 aromatic rings. The molecule has 0 aliphatic rings. The Balaban J connectivity index is 2.29. The Morgan fingerprint density at radius 2 is 2.07 bits per heavy atom. The molecule has 74 valence electrons. The average Bonchev–Trinajstić information content (AvgIpc) is 2.25. The fourth-order valence-corrected chi connectivity index (χ4v) is 1.13. The van der Waals surface area contributed by atoms with Crippen LogP contribution in [0.25, 0.3) is 0 Å². The summed E-state index contributed by atoms with van der Waals surface area (Å²) in [5, 5.41) is 0. The van der Waals surface area contributed by atoms with Crippen molar-refractivity contribution in [1.82, 2.24) is 0 Å². The highest BCUT2D eigenvalue weighted by Gasteiger charge is 1.91. The van der Waals surface area contributed by atoms with Crippen LogP contribution in [0.2, 0.25) is 0 Å². The van der Waals surface area contributed by atoms with Gasteiger partial charge in [-0.2, -0.15) is 0 Å². The third kappa shape index (κ3) is 3.99. The van der Waals surface area contributed by atoms with Gasteiger partial charge in [-0.05, 0) is 18.4 Å². The van der Waals surface area contributed by atoms with E-state index in [0.717, 1.165) is 12.8 Å². The van der Waals surface area contributed by atoms with Crippen molar-refractivity contribution in [2.24, 2.45) is 4.99 Å². The maximum Gasteiger partial charge on any atom is 0.245 e. The highest BCUT2D eigenvalue weighted by Crippen LogP contribution is 2.00. The summed E-state index contributed by atoms with van der Waals surface area (Å²) in [5.41, 5.74) is 1.28. The Morgan fingerprint density at radius 1 is 1.36 bits per heavy atom. The van der Waals surface area contributed by atoms with Gasteiger partial charge in [0.1, 0.15) is 0 Å². The molecule has 0 aliphatic carbocycles. The number of benzene rings is 1. The molecule has 0 spiro atoms. The van der Waals surface area contributed by atoms with Crippen LogP contribution in [-0.2, 0) is 11.2 Å². The van der Waals surface area contributed by atoms with Crippen LogP contribution in [0, 0.1) is 0 Å². The van der Waals surface area contributed by atoms with Gasteiger partial charge in [0.15, 0.2) is 0 Å². The number of rotatable bonds is 4. The molecule has 0 heterocycles. The minimum absolute atomic E-state index is 0.0435. The zero-order valence-electron chi connectivity index (χ0n) is 8.44. The molecule has 2 nitrogen and oxygen atoms in total. The van der Waals surface area contributed by atoms with Crippen molar-refractivity contribution < 1.29 is 4.79 Å². The summed E-state index contributed by atoms with van der Waals surface area (Å²) in [6.45, 7) is 1.82. The van der Waals surface area contributed by atoms with Gasteiger partial charge in [0.25, 0.3) is 0 Å². The number of aryl methyl sites for hydroxylation is 1. The van der Waals surface area contributed by atoms with E-state index < -0.39 is 0 Å². The van der Waals surface area contributed by atoms with Gasteiger partial charge < -0.3 is 0 Å². The van der Waals surface area contributed by atoms with Crippen molar-refractivity contribution in [2.75, 3.05) is 0 Å². The molecule has 0 aliphatic heterocycles. The first-order valence-electron chi connectivity index (χ1n) is 4.92. The molecule has 1 aromatic carbocycles. The van der Waals surface area contributed by atoms with E-state index in [-0.39, 0.29) is 5.91 Å². The first kappa shape index (κ1) is 10.6. The molecule has 0 N–H and O–H groups in total. The minimum atomic E-state index is -0.0435. The van der Waals surface area contributed by atoms with Gasteiger partial charge in [0, 0.05) is 12.6 Å². The summed E-state index contributed by atoms with van der Waals surface area (Å²) in [4.78, 5) is 14.6. The molecule has 0 atom stereocenters. The third-order valence-electron chi connectivity index (χ3n) is 1.94. The van der Waals surface area contributed by atoms with Crippen LogP contribution in [0.4, 0.5) is 0 Å². The number of aliphatic imine (C=N–C) groups is 1. The van der Waals surface area contributed by atoms with Crippen LogP contribution in [0.5, 0.6) is 0 Å². The van der Waals surface area contributed by atoms with Crippen molar-refractivity contribution in [1.29, 1.82) is 0 Å². The lowest BCUT2D eigenvalue weighted by Gasteiger charge is -1.95. The first-order chi connectivity index (χ1) is 6.83. The second-order valence-corrected chi connectivity index (χ2v) is 3.08. The molecule has 0 saturated carbocycles. The van der Waals surface area contributed by atoms with Crippen LogP contribution in [0.1, 0.15) is 25.3 Å². The van der Waals surface area contributed by atoms with E-state index in [2.05, 4.69) is 17.1 Å². The molecule has 0 unspecified atom stereocenters. The molecular formula is C12H15NO. The molecule has 0 radical (unpaired) electrons. The quantitative estimate of drug-likeness (QED) is 0.669. The zero-order valence-corrected chi connectivity index (χ0v) is 8.44. The van der Waals surface area contributed by atoms with E-state index in [9.17, 15) is 4.79 Å². The lowest BCUT2D eigenvalue weighted by Crippen LogP contribution is -1.91. The van der Waals surface area contributed by atoms with Crippen LogP contribution < -0.4 is 0 Å². The fourth-order valence-electron chi connectivity index (χ4n) is 1.13. The first-order valence-corrected chi connectivity index (χ1v) is 4.92. The third-order valence-corrected chi connectivity index (χ3v) is 1.94. The average molecular weight is 189 g/mol. The summed E-state index contributed by atoms with van der Waals surface area (Å²) in [5.74, 6) is -0.0435. The molecule has 2 heteroatoms. The second-order valence-electron chi connectivity index (χ2n) is 3.08. The van der Waals surface area contributed by atoms with Crippen LogP contribution in [0.3, 0.4) is 0 Å². The van der Waals surface area contributed by atoms with E-state index in [0.29, 0.717) is 6.42 Å². The summed E-state index contributed by atoms with van der Waals surface area (Å²) >= 11 is 0. The summed E-state index contributed by atoms with van der Waals surface area (Å²) in [7, 11) is 0. The van der Waals surface area contributed by atoms with Crippen molar-refractivity contribution in [3.63, 3.8) is 0 Å². The standard InChI is InChI=1S/C12H15NO/c1-2-12(14)13-10-6-9-11-7-4-3-5-8-11/h3-5,7-8,10H,2,6,9H2,1H3. The number of hydrogen-bond donors (Lipinski definition) is 0. The monoisotopic (exact) mass is 189 g/mol.